The summed E-state index contributed by atoms with van der Waals surface area (Å²) in [7, 11) is 0. The second-order valence-electron chi connectivity index (χ2n) is 6.44. The van der Waals surface area contributed by atoms with Crippen molar-refractivity contribution < 1.29 is 14.7 Å². The van der Waals surface area contributed by atoms with Gasteiger partial charge in [0.05, 0.1) is 5.92 Å². The van der Waals surface area contributed by atoms with E-state index < -0.39 is 5.97 Å². The molecule has 0 unspecified atom stereocenters. The maximum Gasteiger partial charge on any atom is 0.306 e. The van der Waals surface area contributed by atoms with Crippen molar-refractivity contribution in [1.29, 1.82) is 0 Å². The molecule has 0 bridgehead atoms. The van der Waals surface area contributed by atoms with Crippen LogP contribution in [0.3, 0.4) is 0 Å². The number of amides is 1. The van der Waals surface area contributed by atoms with Crippen molar-refractivity contribution in [3.8, 4) is 0 Å². The minimum Gasteiger partial charge on any atom is -0.481 e. The van der Waals surface area contributed by atoms with Crippen LogP contribution in [0.25, 0.3) is 0 Å². The smallest absolute Gasteiger partial charge is 0.306 e. The monoisotopic (exact) mass is 279 g/mol. The quantitative estimate of drug-likeness (QED) is 0.784. The number of H-pyrrole nitrogens is 1. The maximum absolute atomic E-state index is 12.1. The van der Waals surface area contributed by atoms with Gasteiger partial charge < -0.3 is 10.4 Å². The molecule has 1 aliphatic carbocycles. The molecule has 0 saturated heterocycles. The Morgan fingerprint density at radius 2 is 2.10 bits per heavy atom. The zero-order chi connectivity index (χ0) is 14.9. The van der Waals surface area contributed by atoms with E-state index in [2.05, 4.69) is 15.5 Å². The molecule has 2 rings (SSSR count). The van der Waals surface area contributed by atoms with Gasteiger partial charge in [0.25, 0.3) is 5.91 Å². The third kappa shape index (κ3) is 3.18. The Hall–Kier alpha value is -1.85. The number of hydrogen-bond donors (Lipinski definition) is 3. The van der Waals surface area contributed by atoms with Crippen molar-refractivity contribution in [2.24, 2.45) is 5.92 Å². The molecule has 1 heterocycles. The normalized spacial score (nSPS) is 22.8. The van der Waals surface area contributed by atoms with Gasteiger partial charge in [-0.05, 0) is 25.3 Å². The van der Waals surface area contributed by atoms with Gasteiger partial charge in [0, 0.05) is 17.2 Å². The molecule has 110 valence electrons. The summed E-state index contributed by atoms with van der Waals surface area (Å²) in [6.07, 6.45) is 1.82. The van der Waals surface area contributed by atoms with Gasteiger partial charge in [-0.3, -0.25) is 14.7 Å². The summed E-state index contributed by atoms with van der Waals surface area (Å²) in [4.78, 5) is 23.0. The average Bonchev–Trinajstić information content (AvgIpc) is 2.95. The molecule has 2 atom stereocenters. The molecule has 1 aliphatic rings. The van der Waals surface area contributed by atoms with Gasteiger partial charge in [0.2, 0.25) is 0 Å². The van der Waals surface area contributed by atoms with Crippen LogP contribution >= 0.6 is 0 Å². The molecular formula is C14H21N3O3. The van der Waals surface area contributed by atoms with Crippen molar-refractivity contribution >= 4 is 11.9 Å². The minimum atomic E-state index is -0.781. The van der Waals surface area contributed by atoms with Gasteiger partial charge in [0.15, 0.2) is 0 Å². The van der Waals surface area contributed by atoms with Crippen molar-refractivity contribution in [1.82, 2.24) is 15.5 Å². The van der Waals surface area contributed by atoms with E-state index >= 15 is 0 Å². The average molecular weight is 279 g/mol. The summed E-state index contributed by atoms with van der Waals surface area (Å²) in [6.45, 7) is 6.11. The largest absolute Gasteiger partial charge is 0.481 e. The lowest BCUT2D eigenvalue weighted by Crippen LogP contribution is -2.33. The first kappa shape index (κ1) is 14.6. The van der Waals surface area contributed by atoms with Gasteiger partial charge in [-0.25, -0.2) is 0 Å². The molecule has 0 spiro atoms. The molecule has 6 nitrogen and oxygen atoms in total. The van der Waals surface area contributed by atoms with E-state index in [-0.39, 0.29) is 23.3 Å². The van der Waals surface area contributed by atoms with Gasteiger partial charge in [-0.2, -0.15) is 5.10 Å². The lowest BCUT2D eigenvalue weighted by molar-refractivity contribution is -0.141. The van der Waals surface area contributed by atoms with E-state index in [1.54, 1.807) is 6.07 Å². The molecule has 0 aliphatic heterocycles. The number of aliphatic carboxylic acids is 1. The van der Waals surface area contributed by atoms with Crippen LogP contribution in [0.1, 0.15) is 56.2 Å². The first-order chi connectivity index (χ1) is 9.27. The number of hydrogen-bond acceptors (Lipinski definition) is 3. The van der Waals surface area contributed by atoms with Crippen LogP contribution in [-0.4, -0.2) is 33.2 Å². The Morgan fingerprint density at radius 1 is 1.40 bits per heavy atom. The summed E-state index contributed by atoms with van der Waals surface area (Å²) < 4.78 is 0. The predicted octanol–water partition coefficient (Wildman–Crippen LogP) is 1.69. The fraction of sp³-hybridized carbons (Fsp3) is 0.643. The highest BCUT2D eigenvalue weighted by molar-refractivity contribution is 5.92. The SMILES string of the molecule is CC(C)(C)c1cc(C(=O)N[C@@H]2CC[C@H](C(=O)O)C2)n[nH]1. The molecular weight excluding hydrogens is 258 g/mol. The van der Waals surface area contributed by atoms with Gasteiger partial charge in [0.1, 0.15) is 5.69 Å². The number of carboxylic acid groups (broad SMARTS) is 1. The maximum atomic E-state index is 12.1. The zero-order valence-electron chi connectivity index (χ0n) is 12.1. The van der Waals surface area contributed by atoms with Crippen molar-refractivity contribution in [2.45, 2.75) is 51.5 Å². The number of carbonyl (C=O) groups excluding carboxylic acids is 1. The van der Waals surface area contributed by atoms with Crippen LogP contribution in [0, 0.1) is 5.92 Å². The minimum absolute atomic E-state index is 0.0709. The van der Waals surface area contributed by atoms with E-state index in [1.165, 1.54) is 0 Å². The van der Waals surface area contributed by atoms with E-state index in [4.69, 9.17) is 5.11 Å². The fourth-order valence-corrected chi connectivity index (χ4v) is 2.42. The molecule has 1 fully saturated rings. The number of nitrogens with one attached hydrogen (secondary N) is 2. The summed E-state index contributed by atoms with van der Waals surface area (Å²) in [5, 5.41) is 18.7. The van der Waals surface area contributed by atoms with Crippen LogP contribution in [0.4, 0.5) is 0 Å². The van der Waals surface area contributed by atoms with Crippen molar-refractivity contribution in [3.63, 3.8) is 0 Å². The van der Waals surface area contributed by atoms with E-state index in [0.717, 1.165) is 5.69 Å². The standard InChI is InChI=1S/C14H21N3O3/c1-14(2,3)11-7-10(16-17-11)12(18)15-9-5-4-8(6-9)13(19)20/h7-9H,4-6H2,1-3H3,(H,15,18)(H,16,17)(H,19,20)/t8-,9+/m0/s1. The third-order valence-corrected chi connectivity index (χ3v) is 3.74. The number of aromatic amines is 1. The van der Waals surface area contributed by atoms with Crippen LogP contribution in [-0.2, 0) is 10.2 Å². The molecule has 1 saturated carbocycles. The topological polar surface area (TPSA) is 95.1 Å². The number of carboxylic acids is 1. The molecule has 0 radical (unpaired) electrons. The van der Waals surface area contributed by atoms with Crippen LogP contribution in [0.2, 0.25) is 0 Å². The summed E-state index contributed by atoms with van der Waals surface area (Å²) in [5.41, 5.74) is 1.17. The number of rotatable bonds is 3. The molecule has 0 aromatic carbocycles. The second-order valence-corrected chi connectivity index (χ2v) is 6.44. The lowest BCUT2D eigenvalue weighted by atomic mass is 9.92. The third-order valence-electron chi connectivity index (χ3n) is 3.74. The summed E-state index contributed by atoms with van der Waals surface area (Å²) in [5.74, 6) is -1.37. The Morgan fingerprint density at radius 3 is 2.60 bits per heavy atom. The Balaban J connectivity index is 1.96. The Labute approximate surface area is 118 Å². The number of nitrogens with zero attached hydrogens (tertiary/aromatic N) is 1. The first-order valence-corrected chi connectivity index (χ1v) is 6.87. The van der Waals surface area contributed by atoms with E-state index in [1.807, 2.05) is 20.8 Å². The van der Waals surface area contributed by atoms with E-state index in [9.17, 15) is 9.59 Å². The van der Waals surface area contributed by atoms with Crippen molar-refractivity contribution in [2.75, 3.05) is 0 Å². The van der Waals surface area contributed by atoms with Gasteiger partial charge in [-0.15, -0.1) is 0 Å². The highest BCUT2D eigenvalue weighted by atomic mass is 16.4. The molecule has 20 heavy (non-hydrogen) atoms. The number of aromatic nitrogens is 2. The second kappa shape index (κ2) is 5.26. The summed E-state index contributed by atoms with van der Waals surface area (Å²) in [6, 6.07) is 1.68. The zero-order valence-corrected chi connectivity index (χ0v) is 12.1. The Kier molecular flexibility index (Phi) is 3.83. The predicted molar refractivity (Wildman–Crippen MR) is 73.5 cm³/mol. The molecule has 3 N–H and O–H groups in total. The highest BCUT2D eigenvalue weighted by Gasteiger charge is 2.31. The van der Waals surface area contributed by atoms with Crippen LogP contribution in [0.5, 0.6) is 0 Å². The first-order valence-electron chi connectivity index (χ1n) is 6.87. The van der Waals surface area contributed by atoms with E-state index in [0.29, 0.717) is 25.0 Å². The molecule has 1 amide bonds. The lowest BCUT2D eigenvalue weighted by Gasteiger charge is -2.14. The van der Waals surface area contributed by atoms with Gasteiger partial charge in [-0.1, -0.05) is 20.8 Å². The van der Waals surface area contributed by atoms with Crippen LogP contribution < -0.4 is 5.32 Å². The summed E-state index contributed by atoms with van der Waals surface area (Å²) >= 11 is 0. The molecule has 1 aromatic rings. The fourth-order valence-electron chi connectivity index (χ4n) is 2.42. The number of carbonyl (C=O) groups is 2. The highest BCUT2D eigenvalue weighted by Crippen LogP contribution is 2.26. The Bertz CT molecular complexity index is 516. The molecule has 6 heteroatoms. The molecule has 1 aromatic heterocycles. The van der Waals surface area contributed by atoms with Crippen LogP contribution in [0.15, 0.2) is 6.07 Å². The van der Waals surface area contributed by atoms with Crippen molar-refractivity contribution in [3.05, 3.63) is 17.5 Å². The van der Waals surface area contributed by atoms with Gasteiger partial charge >= 0.3 is 5.97 Å².